The average Bonchev–Trinajstić information content (AvgIpc) is 2.64. The number of hydrogen-bond donors (Lipinski definition) is 0. The van der Waals surface area contributed by atoms with Gasteiger partial charge in [-0.3, -0.25) is 0 Å². The van der Waals surface area contributed by atoms with Crippen LogP contribution in [0, 0.1) is 17.3 Å². The summed E-state index contributed by atoms with van der Waals surface area (Å²) in [6.45, 7) is 13.2. The molecule has 1 saturated heterocycles. The quantitative estimate of drug-likeness (QED) is 0.469. The molecular weight excluding hydrogens is 397 g/mol. The summed E-state index contributed by atoms with van der Waals surface area (Å²) in [6, 6.07) is 5.07. The summed E-state index contributed by atoms with van der Waals surface area (Å²) in [6.07, 6.45) is 1.21. The van der Waals surface area contributed by atoms with Crippen molar-refractivity contribution in [3.05, 3.63) is 35.3 Å². The molecule has 0 aliphatic carbocycles. The molecule has 1 aromatic carbocycles. The van der Waals surface area contributed by atoms with Crippen molar-refractivity contribution in [2.45, 2.75) is 64.8 Å². The fraction of sp³-hybridized carbons (Fsp3) is 0.522. The predicted octanol–water partition coefficient (Wildman–Crippen LogP) is 5.11. The van der Waals surface area contributed by atoms with Crippen LogP contribution in [0.3, 0.4) is 0 Å². The van der Waals surface area contributed by atoms with E-state index in [4.69, 9.17) is 4.74 Å². The molecule has 0 atom stereocenters. The molecule has 160 valence electrons. The molecule has 1 amide bonds. The molecule has 0 spiro atoms. The zero-order valence-corrected chi connectivity index (χ0v) is 19.7. The van der Waals surface area contributed by atoms with Crippen LogP contribution in [-0.2, 0) is 4.74 Å². The molecule has 30 heavy (non-hydrogen) atoms. The lowest BCUT2D eigenvalue weighted by Gasteiger charge is -2.33. The Balaban J connectivity index is 1.74. The number of aromatic nitrogens is 2. The van der Waals surface area contributed by atoms with Crippen LogP contribution in [0.4, 0.5) is 9.18 Å². The molecule has 1 aliphatic rings. The highest BCUT2D eigenvalue weighted by Crippen LogP contribution is 2.29. The fourth-order valence-electron chi connectivity index (χ4n) is 3.33. The van der Waals surface area contributed by atoms with E-state index in [1.807, 2.05) is 20.8 Å². The van der Waals surface area contributed by atoms with Gasteiger partial charge >= 0.3 is 6.09 Å². The maximum absolute atomic E-state index is 14.7. The third-order valence-corrected chi connectivity index (χ3v) is 5.69. The first-order valence-corrected chi connectivity index (χ1v) is 13.9. The van der Waals surface area contributed by atoms with E-state index in [-0.39, 0.29) is 17.8 Å². The minimum atomic E-state index is -1.54. The zero-order chi connectivity index (χ0) is 22.1. The van der Waals surface area contributed by atoms with E-state index in [0.29, 0.717) is 29.6 Å². The molecule has 0 bridgehead atoms. The lowest BCUT2D eigenvalue weighted by molar-refractivity contribution is 0.0204. The van der Waals surface area contributed by atoms with Gasteiger partial charge < -0.3 is 9.64 Å². The smallest absolute Gasteiger partial charge is 0.410 e. The van der Waals surface area contributed by atoms with Gasteiger partial charge in [-0.2, -0.15) is 10.2 Å². The summed E-state index contributed by atoms with van der Waals surface area (Å²) in [4.78, 5) is 14.0. The number of hydrogen-bond acceptors (Lipinski definition) is 4. The van der Waals surface area contributed by atoms with E-state index >= 15 is 0 Å². The summed E-state index contributed by atoms with van der Waals surface area (Å²) in [5.41, 5.74) is 4.67. The van der Waals surface area contributed by atoms with Gasteiger partial charge in [-0.05, 0) is 51.8 Å². The molecule has 1 fully saturated rings. The van der Waals surface area contributed by atoms with Crippen LogP contribution in [0.15, 0.2) is 18.2 Å². The third-order valence-electron chi connectivity index (χ3n) is 4.82. The van der Waals surface area contributed by atoms with Crippen LogP contribution in [-0.4, -0.2) is 48.0 Å². The molecule has 3 rings (SSSR count). The second-order valence-corrected chi connectivity index (χ2v) is 14.7. The summed E-state index contributed by atoms with van der Waals surface area (Å²) >= 11 is 0. The fourth-order valence-corrected chi connectivity index (χ4v) is 3.85. The second kappa shape index (κ2) is 8.35. The standard InChI is InChI=1S/C23H30FN3O2Si/c1-23(2,3)29-22(28)27-10-7-17(8-11-27)20-15-18-19(24)13-16(9-12-30(4,5)6)14-21(18)26-25-20/h13-15,17H,7-8,10-11H2,1-6H3. The molecule has 2 aromatic rings. The van der Waals surface area contributed by atoms with Crippen molar-refractivity contribution in [3.8, 4) is 11.5 Å². The maximum atomic E-state index is 14.7. The normalized spacial score (nSPS) is 15.6. The van der Waals surface area contributed by atoms with Gasteiger partial charge in [0.1, 0.15) is 19.5 Å². The number of amides is 1. The van der Waals surface area contributed by atoms with E-state index in [0.717, 1.165) is 18.5 Å². The van der Waals surface area contributed by atoms with Gasteiger partial charge in [0.2, 0.25) is 0 Å². The highest BCUT2D eigenvalue weighted by Gasteiger charge is 2.28. The molecule has 2 heterocycles. The lowest BCUT2D eigenvalue weighted by Crippen LogP contribution is -2.41. The van der Waals surface area contributed by atoms with Crippen LogP contribution in [0.25, 0.3) is 10.9 Å². The van der Waals surface area contributed by atoms with Crippen molar-refractivity contribution in [2.24, 2.45) is 0 Å². The van der Waals surface area contributed by atoms with Crippen LogP contribution >= 0.6 is 0 Å². The van der Waals surface area contributed by atoms with Gasteiger partial charge in [-0.25, -0.2) is 9.18 Å². The largest absolute Gasteiger partial charge is 0.444 e. The number of carbonyl (C=O) groups is 1. The van der Waals surface area contributed by atoms with Crippen LogP contribution in [0.2, 0.25) is 19.6 Å². The van der Waals surface area contributed by atoms with Crippen molar-refractivity contribution in [3.63, 3.8) is 0 Å². The molecule has 1 aromatic heterocycles. The monoisotopic (exact) mass is 427 g/mol. The Kier molecular flexibility index (Phi) is 6.18. The van der Waals surface area contributed by atoms with Crippen molar-refractivity contribution in [1.82, 2.24) is 15.1 Å². The SMILES string of the molecule is CC(C)(C)OC(=O)N1CCC(c2cc3c(F)cc(C#C[Si](C)(C)C)cc3nn2)CC1. The Morgan fingerprint density at radius 2 is 1.83 bits per heavy atom. The Bertz CT molecular complexity index is 1010. The predicted molar refractivity (Wildman–Crippen MR) is 120 cm³/mol. The number of nitrogens with zero attached hydrogens (tertiary/aromatic N) is 3. The van der Waals surface area contributed by atoms with Crippen LogP contribution in [0.1, 0.15) is 50.8 Å². The lowest BCUT2D eigenvalue weighted by atomic mass is 9.93. The minimum absolute atomic E-state index is 0.145. The van der Waals surface area contributed by atoms with Crippen molar-refractivity contribution < 1.29 is 13.9 Å². The summed E-state index contributed by atoms with van der Waals surface area (Å²) in [7, 11) is -1.54. The summed E-state index contributed by atoms with van der Waals surface area (Å²) in [5, 5.41) is 9.10. The molecule has 0 unspecified atom stereocenters. The van der Waals surface area contributed by atoms with Crippen molar-refractivity contribution in [1.29, 1.82) is 0 Å². The van der Waals surface area contributed by atoms with Crippen molar-refractivity contribution in [2.75, 3.05) is 13.1 Å². The summed E-state index contributed by atoms with van der Waals surface area (Å²) in [5.74, 6) is 2.90. The number of rotatable bonds is 1. The van der Waals surface area contributed by atoms with Crippen LogP contribution in [0.5, 0.6) is 0 Å². The maximum Gasteiger partial charge on any atom is 0.410 e. The second-order valence-electron chi connectivity index (χ2n) is 9.90. The number of piperidine rings is 1. The number of carbonyl (C=O) groups excluding carboxylic acids is 1. The summed E-state index contributed by atoms with van der Waals surface area (Å²) < 4.78 is 20.2. The first-order valence-electron chi connectivity index (χ1n) is 10.4. The minimum Gasteiger partial charge on any atom is -0.444 e. The van der Waals surface area contributed by atoms with Gasteiger partial charge in [0, 0.05) is 30.0 Å². The Morgan fingerprint density at radius 3 is 2.43 bits per heavy atom. The number of benzene rings is 1. The van der Waals surface area contributed by atoms with Crippen LogP contribution < -0.4 is 0 Å². The first kappa shape index (κ1) is 22.2. The zero-order valence-electron chi connectivity index (χ0n) is 18.7. The topological polar surface area (TPSA) is 55.3 Å². The number of ether oxygens (including phenoxy) is 1. The number of halogens is 1. The molecular formula is C23H30FN3O2Si. The Labute approximate surface area is 179 Å². The molecule has 1 aliphatic heterocycles. The molecule has 7 heteroatoms. The number of fused-ring (bicyclic) bond motifs is 1. The molecule has 0 N–H and O–H groups in total. The van der Waals surface area contributed by atoms with Gasteiger partial charge in [0.15, 0.2) is 0 Å². The van der Waals surface area contributed by atoms with Gasteiger partial charge in [0.25, 0.3) is 0 Å². The first-order chi connectivity index (χ1) is 13.9. The van der Waals surface area contributed by atoms with Gasteiger partial charge in [0.05, 0.1) is 11.2 Å². The van der Waals surface area contributed by atoms with Gasteiger partial charge in [-0.1, -0.05) is 25.6 Å². The molecule has 5 nitrogen and oxygen atoms in total. The van der Waals surface area contributed by atoms with E-state index in [2.05, 4.69) is 41.3 Å². The average molecular weight is 428 g/mol. The molecule has 0 radical (unpaired) electrons. The highest BCUT2D eigenvalue weighted by molar-refractivity contribution is 6.83. The highest BCUT2D eigenvalue weighted by atomic mass is 28.3. The Morgan fingerprint density at radius 1 is 1.17 bits per heavy atom. The third kappa shape index (κ3) is 5.79. The van der Waals surface area contributed by atoms with Crippen molar-refractivity contribution >= 4 is 25.1 Å². The van der Waals surface area contributed by atoms with E-state index in [1.54, 1.807) is 17.0 Å². The molecule has 0 saturated carbocycles. The van der Waals surface area contributed by atoms with E-state index < -0.39 is 13.7 Å². The van der Waals surface area contributed by atoms with E-state index in [1.165, 1.54) is 6.07 Å². The van der Waals surface area contributed by atoms with E-state index in [9.17, 15) is 9.18 Å². The van der Waals surface area contributed by atoms with Gasteiger partial charge in [-0.15, -0.1) is 5.54 Å². The number of likely N-dealkylation sites (tertiary alicyclic amines) is 1. The Hall–Kier alpha value is -2.46.